The smallest absolute Gasteiger partial charge is 0.221 e. The average molecular weight is 406 g/mol. The van der Waals surface area contributed by atoms with Crippen molar-refractivity contribution in [3.63, 3.8) is 0 Å². The second kappa shape index (κ2) is 8.49. The Bertz CT molecular complexity index is 1050. The Kier molecular flexibility index (Phi) is 5.61. The topological polar surface area (TPSA) is 117 Å². The first kappa shape index (κ1) is 19.8. The molecule has 1 aromatic heterocycles. The first-order valence-corrected chi connectivity index (χ1v) is 10.1. The van der Waals surface area contributed by atoms with Gasteiger partial charge in [0.15, 0.2) is 0 Å². The van der Waals surface area contributed by atoms with Crippen LogP contribution in [0.3, 0.4) is 0 Å². The van der Waals surface area contributed by atoms with Crippen LogP contribution < -0.4 is 20.9 Å². The van der Waals surface area contributed by atoms with Crippen LogP contribution in [0.4, 0.5) is 11.8 Å². The van der Waals surface area contributed by atoms with Crippen LogP contribution >= 0.6 is 0 Å². The number of hydrogen-bond donors (Lipinski definition) is 3. The van der Waals surface area contributed by atoms with Gasteiger partial charge in [0.1, 0.15) is 23.1 Å². The molecule has 1 heterocycles. The predicted octanol–water partition coefficient (Wildman–Crippen LogP) is 3.79. The van der Waals surface area contributed by atoms with E-state index >= 15 is 0 Å². The normalized spacial score (nSPS) is 13.2. The molecule has 1 fully saturated rings. The van der Waals surface area contributed by atoms with E-state index in [1.807, 2.05) is 31.2 Å². The highest BCUT2D eigenvalue weighted by Gasteiger charge is 2.23. The van der Waals surface area contributed by atoms with Crippen LogP contribution in [-0.4, -0.2) is 28.3 Å². The molecule has 0 aliphatic heterocycles. The molecular formula is C23H26N4O3. The standard InChI is InChI=1S/C23H26N4O3/c1-2-29-20-10-15(9-16-12-26-23(25)27-22(16)24)5-7-18(20)19-8-6-17(28)11-21(19)30-13-14-3-4-14/h5-8,10-12,14,28H,2-4,9,13H2,1H3,(H4,24,25,26,27). The number of aromatic nitrogens is 2. The first-order chi connectivity index (χ1) is 14.5. The van der Waals surface area contributed by atoms with Crippen LogP contribution in [0.25, 0.3) is 11.1 Å². The lowest BCUT2D eigenvalue weighted by Crippen LogP contribution is -2.04. The van der Waals surface area contributed by atoms with Gasteiger partial charge in [0, 0.05) is 35.4 Å². The summed E-state index contributed by atoms with van der Waals surface area (Å²) in [6, 6.07) is 11.2. The molecule has 1 saturated carbocycles. The number of benzene rings is 2. The Hall–Kier alpha value is -3.48. The largest absolute Gasteiger partial charge is 0.508 e. The molecule has 0 atom stereocenters. The molecule has 5 N–H and O–H groups in total. The lowest BCUT2D eigenvalue weighted by atomic mass is 9.99. The van der Waals surface area contributed by atoms with E-state index in [1.54, 1.807) is 18.3 Å². The third-order valence-corrected chi connectivity index (χ3v) is 5.08. The van der Waals surface area contributed by atoms with Crippen molar-refractivity contribution >= 4 is 11.8 Å². The highest BCUT2D eigenvalue weighted by atomic mass is 16.5. The molecule has 1 aliphatic carbocycles. The Morgan fingerprint density at radius 2 is 1.77 bits per heavy atom. The minimum atomic E-state index is 0.160. The van der Waals surface area contributed by atoms with E-state index in [1.165, 1.54) is 12.8 Å². The zero-order valence-electron chi connectivity index (χ0n) is 17.0. The highest BCUT2D eigenvalue weighted by molar-refractivity contribution is 5.77. The van der Waals surface area contributed by atoms with Gasteiger partial charge in [0.25, 0.3) is 0 Å². The van der Waals surface area contributed by atoms with E-state index in [2.05, 4.69) is 9.97 Å². The summed E-state index contributed by atoms with van der Waals surface area (Å²) in [7, 11) is 0. The van der Waals surface area contributed by atoms with Crippen LogP contribution in [0.2, 0.25) is 0 Å². The summed E-state index contributed by atoms with van der Waals surface area (Å²) < 4.78 is 12.0. The zero-order chi connectivity index (χ0) is 21.1. The van der Waals surface area contributed by atoms with E-state index in [9.17, 15) is 5.11 Å². The maximum absolute atomic E-state index is 9.95. The van der Waals surface area contributed by atoms with Gasteiger partial charge in [-0.15, -0.1) is 0 Å². The molecule has 156 valence electrons. The molecule has 3 aromatic rings. The number of hydrogen-bond acceptors (Lipinski definition) is 7. The van der Waals surface area contributed by atoms with Gasteiger partial charge in [-0.3, -0.25) is 0 Å². The lowest BCUT2D eigenvalue weighted by Gasteiger charge is -2.16. The van der Waals surface area contributed by atoms with Crippen LogP contribution in [0.15, 0.2) is 42.6 Å². The Morgan fingerprint density at radius 1 is 1.03 bits per heavy atom. The summed E-state index contributed by atoms with van der Waals surface area (Å²) in [6.07, 6.45) is 4.61. The number of anilines is 2. The van der Waals surface area contributed by atoms with Crippen LogP contribution in [-0.2, 0) is 6.42 Å². The third-order valence-electron chi connectivity index (χ3n) is 5.08. The summed E-state index contributed by atoms with van der Waals surface area (Å²) in [6.45, 7) is 3.14. The summed E-state index contributed by atoms with van der Waals surface area (Å²) in [5, 5.41) is 9.95. The first-order valence-electron chi connectivity index (χ1n) is 10.1. The highest BCUT2D eigenvalue weighted by Crippen LogP contribution is 2.40. The summed E-state index contributed by atoms with van der Waals surface area (Å²) in [4.78, 5) is 8.06. The molecule has 2 aromatic carbocycles. The fourth-order valence-electron chi connectivity index (χ4n) is 3.31. The second-order valence-electron chi connectivity index (χ2n) is 7.51. The summed E-state index contributed by atoms with van der Waals surface area (Å²) in [5.74, 6) is 2.73. The van der Waals surface area contributed by atoms with E-state index in [4.69, 9.17) is 20.9 Å². The van der Waals surface area contributed by atoms with Crippen molar-refractivity contribution < 1.29 is 14.6 Å². The van der Waals surface area contributed by atoms with Gasteiger partial charge in [0.2, 0.25) is 5.95 Å². The van der Waals surface area contributed by atoms with E-state index < -0.39 is 0 Å². The fourth-order valence-corrected chi connectivity index (χ4v) is 3.31. The molecule has 7 nitrogen and oxygen atoms in total. The lowest BCUT2D eigenvalue weighted by molar-refractivity contribution is 0.299. The molecular weight excluding hydrogens is 380 g/mol. The van der Waals surface area contributed by atoms with Gasteiger partial charge in [-0.1, -0.05) is 12.1 Å². The van der Waals surface area contributed by atoms with Gasteiger partial charge >= 0.3 is 0 Å². The third kappa shape index (κ3) is 4.56. The quantitative estimate of drug-likeness (QED) is 0.521. The minimum absolute atomic E-state index is 0.160. The number of nitrogens with two attached hydrogens (primary N) is 2. The monoisotopic (exact) mass is 406 g/mol. The van der Waals surface area contributed by atoms with Crippen molar-refractivity contribution in [2.45, 2.75) is 26.2 Å². The number of nitrogens with zero attached hydrogens (tertiary/aromatic N) is 2. The minimum Gasteiger partial charge on any atom is -0.508 e. The van der Waals surface area contributed by atoms with E-state index in [0.717, 1.165) is 28.0 Å². The predicted molar refractivity (Wildman–Crippen MR) is 117 cm³/mol. The molecule has 30 heavy (non-hydrogen) atoms. The Labute approximate surface area is 175 Å². The molecule has 0 spiro atoms. The van der Waals surface area contributed by atoms with Crippen molar-refractivity contribution in [2.75, 3.05) is 24.7 Å². The van der Waals surface area contributed by atoms with Crippen molar-refractivity contribution in [3.05, 3.63) is 53.7 Å². The summed E-state index contributed by atoms with van der Waals surface area (Å²) >= 11 is 0. The molecule has 0 amide bonds. The van der Waals surface area contributed by atoms with Gasteiger partial charge in [-0.2, -0.15) is 4.98 Å². The Balaban J connectivity index is 1.66. The Morgan fingerprint density at radius 3 is 2.47 bits per heavy atom. The number of rotatable bonds is 8. The number of phenolic OH excluding ortho intramolecular Hbond substituents is 1. The molecule has 0 radical (unpaired) electrons. The number of phenols is 1. The number of aromatic hydroxyl groups is 1. The van der Waals surface area contributed by atoms with E-state index in [-0.39, 0.29) is 11.7 Å². The number of ether oxygens (including phenoxy) is 2. The van der Waals surface area contributed by atoms with Crippen molar-refractivity contribution in [1.29, 1.82) is 0 Å². The van der Waals surface area contributed by atoms with Crippen molar-refractivity contribution in [1.82, 2.24) is 9.97 Å². The van der Waals surface area contributed by atoms with Gasteiger partial charge in [0.05, 0.1) is 13.2 Å². The molecule has 0 unspecified atom stereocenters. The fraction of sp³-hybridized carbons (Fsp3) is 0.304. The molecule has 1 aliphatic rings. The SMILES string of the molecule is CCOc1cc(Cc2cnc(N)nc2N)ccc1-c1ccc(O)cc1OCC1CC1. The van der Waals surface area contributed by atoms with Crippen molar-refractivity contribution in [2.24, 2.45) is 5.92 Å². The summed E-state index contributed by atoms with van der Waals surface area (Å²) in [5.41, 5.74) is 15.2. The van der Waals surface area contributed by atoms with Gasteiger partial charge < -0.3 is 26.0 Å². The maximum atomic E-state index is 9.95. The van der Waals surface area contributed by atoms with Crippen LogP contribution in [0.5, 0.6) is 17.2 Å². The molecule has 4 rings (SSSR count). The van der Waals surface area contributed by atoms with Crippen LogP contribution in [0.1, 0.15) is 30.9 Å². The second-order valence-corrected chi connectivity index (χ2v) is 7.51. The van der Waals surface area contributed by atoms with Gasteiger partial charge in [-0.25, -0.2) is 4.98 Å². The molecule has 0 bridgehead atoms. The van der Waals surface area contributed by atoms with Crippen molar-refractivity contribution in [3.8, 4) is 28.4 Å². The van der Waals surface area contributed by atoms with E-state index in [0.29, 0.717) is 37.1 Å². The zero-order valence-corrected chi connectivity index (χ0v) is 17.0. The molecule has 7 heteroatoms. The average Bonchev–Trinajstić information content (AvgIpc) is 3.54. The maximum Gasteiger partial charge on any atom is 0.221 e. The van der Waals surface area contributed by atoms with Crippen LogP contribution in [0, 0.1) is 5.92 Å². The number of nitrogen functional groups attached to an aromatic ring is 2. The van der Waals surface area contributed by atoms with Gasteiger partial charge in [-0.05, 0) is 49.4 Å². The molecule has 0 saturated heterocycles.